The third-order valence-electron chi connectivity index (χ3n) is 4.77. The van der Waals surface area contributed by atoms with E-state index in [-0.39, 0.29) is 23.8 Å². The van der Waals surface area contributed by atoms with Crippen LogP contribution in [0.1, 0.15) is 16.1 Å². The Hall–Kier alpha value is -4.47. The van der Waals surface area contributed by atoms with Crippen LogP contribution in [0, 0.1) is 11.6 Å². The molecular formula is C23H17F2N3O5. The second kappa shape index (κ2) is 8.95. The number of hydrogen-bond acceptors (Lipinski definition) is 5. The molecule has 0 fully saturated rings. The summed E-state index contributed by atoms with van der Waals surface area (Å²) in [6.45, 7) is 0.148. The molecule has 33 heavy (non-hydrogen) atoms. The molecule has 0 atom stereocenters. The number of halogens is 2. The first-order valence-electron chi connectivity index (χ1n) is 9.63. The summed E-state index contributed by atoms with van der Waals surface area (Å²) in [6.07, 6.45) is 3.19. The molecule has 2 heterocycles. The zero-order valence-corrected chi connectivity index (χ0v) is 17.2. The van der Waals surface area contributed by atoms with Gasteiger partial charge in [0.05, 0.1) is 13.3 Å². The lowest BCUT2D eigenvalue weighted by Crippen LogP contribution is -2.23. The summed E-state index contributed by atoms with van der Waals surface area (Å²) in [7, 11) is 1.23. The van der Waals surface area contributed by atoms with Crippen LogP contribution in [0.4, 0.5) is 8.78 Å². The lowest BCUT2D eigenvalue weighted by molar-refractivity contribution is 0.0686. The van der Waals surface area contributed by atoms with E-state index in [1.165, 1.54) is 36.1 Å². The number of rotatable bonds is 7. The smallest absolute Gasteiger partial charge is 0.360 e. The molecule has 0 saturated carbocycles. The minimum atomic E-state index is -1.52. The van der Waals surface area contributed by atoms with Crippen LogP contribution in [0.15, 0.2) is 71.9 Å². The van der Waals surface area contributed by atoms with E-state index in [0.29, 0.717) is 5.69 Å². The first-order valence-corrected chi connectivity index (χ1v) is 9.63. The van der Waals surface area contributed by atoms with Crippen molar-refractivity contribution in [2.75, 3.05) is 7.11 Å². The van der Waals surface area contributed by atoms with Crippen LogP contribution in [0.25, 0.3) is 11.4 Å². The summed E-state index contributed by atoms with van der Waals surface area (Å²) < 4.78 is 40.4. The Morgan fingerprint density at radius 1 is 1.03 bits per heavy atom. The zero-order valence-electron chi connectivity index (χ0n) is 17.2. The number of carboxylic acid groups (broad SMARTS) is 1. The third kappa shape index (κ3) is 4.45. The van der Waals surface area contributed by atoms with E-state index in [9.17, 15) is 23.5 Å². The van der Waals surface area contributed by atoms with Gasteiger partial charge in [0.1, 0.15) is 18.0 Å². The molecule has 4 aromatic rings. The van der Waals surface area contributed by atoms with Crippen molar-refractivity contribution in [3.63, 3.8) is 0 Å². The van der Waals surface area contributed by atoms with Crippen LogP contribution in [-0.2, 0) is 6.61 Å². The average molecular weight is 453 g/mol. The lowest BCUT2D eigenvalue weighted by Gasteiger charge is -2.16. The van der Waals surface area contributed by atoms with E-state index in [4.69, 9.17) is 9.47 Å². The molecule has 168 valence electrons. The van der Waals surface area contributed by atoms with Crippen LogP contribution in [-0.4, -0.2) is 32.5 Å². The molecule has 0 unspecified atom stereocenters. The number of carboxylic acids is 1. The Morgan fingerprint density at radius 3 is 2.36 bits per heavy atom. The van der Waals surface area contributed by atoms with Gasteiger partial charge in [0.2, 0.25) is 5.69 Å². The Balaban J connectivity index is 1.83. The minimum Gasteiger partial charge on any atom is -0.491 e. The van der Waals surface area contributed by atoms with E-state index in [2.05, 4.69) is 5.10 Å². The number of aromatic carboxylic acids is 1. The fourth-order valence-electron chi connectivity index (χ4n) is 3.13. The fraction of sp³-hybridized carbons (Fsp3) is 0.0870. The van der Waals surface area contributed by atoms with Gasteiger partial charge in [-0.2, -0.15) is 5.10 Å². The largest absolute Gasteiger partial charge is 0.491 e. The van der Waals surface area contributed by atoms with Gasteiger partial charge in [0, 0.05) is 24.1 Å². The summed E-state index contributed by atoms with van der Waals surface area (Å²) >= 11 is 0. The molecule has 0 aliphatic carbocycles. The van der Waals surface area contributed by atoms with Crippen molar-refractivity contribution in [3.8, 4) is 22.9 Å². The van der Waals surface area contributed by atoms with Crippen LogP contribution >= 0.6 is 0 Å². The van der Waals surface area contributed by atoms with E-state index in [1.54, 1.807) is 0 Å². The van der Waals surface area contributed by atoms with Crippen molar-refractivity contribution in [1.82, 2.24) is 14.3 Å². The van der Waals surface area contributed by atoms with Gasteiger partial charge in [0.25, 0.3) is 5.43 Å². The Morgan fingerprint density at radius 2 is 1.73 bits per heavy atom. The van der Waals surface area contributed by atoms with E-state index >= 15 is 0 Å². The predicted molar refractivity (Wildman–Crippen MR) is 113 cm³/mol. The summed E-state index contributed by atoms with van der Waals surface area (Å²) in [5.74, 6) is -3.54. The highest BCUT2D eigenvalue weighted by Crippen LogP contribution is 2.28. The highest BCUT2D eigenvalue weighted by Gasteiger charge is 2.19. The van der Waals surface area contributed by atoms with Crippen molar-refractivity contribution in [3.05, 3.63) is 100 Å². The first-order chi connectivity index (χ1) is 15.9. The zero-order chi connectivity index (χ0) is 23.5. The van der Waals surface area contributed by atoms with Gasteiger partial charge in [-0.05, 0) is 17.7 Å². The van der Waals surface area contributed by atoms with Gasteiger partial charge in [0.15, 0.2) is 17.4 Å². The topological polar surface area (TPSA) is 95.6 Å². The first kappa shape index (κ1) is 21.8. The molecule has 0 spiro atoms. The number of aromatic nitrogens is 3. The number of ether oxygens (including phenoxy) is 2. The highest BCUT2D eigenvalue weighted by molar-refractivity contribution is 5.85. The normalized spacial score (nSPS) is 10.8. The van der Waals surface area contributed by atoms with Gasteiger partial charge < -0.3 is 19.1 Å². The van der Waals surface area contributed by atoms with Crippen LogP contribution in [0.5, 0.6) is 11.5 Å². The SMILES string of the molecule is COc1cn(-c2ccc(-n3cc(F)c(F)c3)cc2OCc2ccccc2)nc(C(=O)O)c1=O. The number of benzene rings is 2. The standard InChI is InChI=1S/C23H17F2N3O5/c1-32-20-12-28(26-21(22(20)29)23(30)31)18-8-7-15(27-10-16(24)17(25)11-27)9-19(18)33-13-14-5-3-2-4-6-14/h2-12H,13H2,1H3,(H,30,31). The second-order valence-electron chi connectivity index (χ2n) is 6.91. The second-order valence-corrected chi connectivity index (χ2v) is 6.91. The van der Waals surface area contributed by atoms with Crippen molar-refractivity contribution < 1.29 is 28.2 Å². The lowest BCUT2D eigenvalue weighted by atomic mass is 10.2. The van der Waals surface area contributed by atoms with Crippen LogP contribution in [0.3, 0.4) is 0 Å². The molecule has 0 aliphatic heterocycles. The van der Waals surface area contributed by atoms with Gasteiger partial charge in [-0.15, -0.1) is 0 Å². The van der Waals surface area contributed by atoms with E-state index in [0.717, 1.165) is 22.6 Å². The van der Waals surface area contributed by atoms with Crippen molar-refractivity contribution >= 4 is 5.97 Å². The maximum Gasteiger partial charge on any atom is 0.360 e. The summed E-state index contributed by atoms with van der Waals surface area (Å²) in [5.41, 5.74) is -0.0897. The molecule has 0 aliphatic rings. The van der Waals surface area contributed by atoms with Crippen LogP contribution < -0.4 is 14.9 Å². The Labute approximate surface area is 185 Å². The summed E-state index contributed by atoms with van der Waals surface area (Å²) in [5, 5.41) is 13.3. The monoisotopic (exact) mass is 453 g/mol. The molecule has 4 rings (SSSR count). The number of nitrogens with zero attached hydrogens (tertiary/aromatic N) is 3. The Kier molecular flexibility index (Phi) is 5.90. The van der Waals surface area contributed by atoms with Gasteiger partial charge >= 0.3 is 5.97 Å². The average Bonchev–Trinajstić information content (AvgIpc) is 3.16. The number of carbonyl (C=O) groups is 1. The van der Waals surface area contributed by atoms with Crippen molar-refractivity contribution in [2.45, 2.75) is 6.61 Å². The van der Waals surface area contributed by atoms with Gasteiger partial charge in [-0.25, -0.2) is 18.3 Å². The maximum atomic E-state index is 13.5. The predicted octanol–water partition coefficient (Wildman–Crippen LogP) is 3.59. The fourth-order valence-corrected chi connectivity index (χ4v) is 3.13. The van der Waals surface area contributed by atoms with E-state index in [1.807, 2.05) is 30.3 Å². The third-order valence-corrected chi connectivity index (χ3v) is 4.77. The molecule has 0 radical (unpaired) electrons. The molecule has 0 bridgehead atoms. The van der Waals surface area contributed by atoms with Crippen LogP contribution in [0.2, 0.25) is 0 Å². The molecule has 2 aromatic carbocycles. The molecule has 2 aromatic heterocycles. The molecule has 8 nitrogen and oxygen atoms in total. The summed E-state index contributed by atoms with van der Waals surface area (Å²) in [6, 6.07) is 13.8. The van der Waals surface area contributed by atoms with Gasteiger partial charge in [-0.1, -0.05) is 30.3 Å². The minimum absolute atomic E-state index is 0.148. The molecule has 0 saturated heterocycles. The number of methoxy groups -OCH3 is 1. The quantitative estimate of drug-likeness (QED) is 0.460. The van der Waals surface area contributed by atoms with Crippen molar-refractivity contribution in [1.29, 1.82) is 0 Å². The molecule has 10 heteroatoms. The molecule has 1 N–H and O–H groups in total. The summed E-state index contributed by atoms with van der Waals surface area (Å²) in [4.78, 5) is 23.7. The Bertz CT molecular complexity index is 1360. The highest BCUT2D eigenvalue weighted by atomic mass is 19.2. The maximum absolute atomic E-state index is 13.5. The number of hydrogen-bond donors (Lipinski definition) is 1. The molecule has 0 amide bonds. The molecular weight excluding hydrogens is 436 g/mol. The van der Waals surface area contributed by atoms with Crippen molar-refractivity contribution in [2.24, 2.45) is 0 Å². The van der Waals surface area contributed by atoms with Gasteiger partial charge in [-0.3, -0.25) is 4.79 Å². The van der Waals surface area contributed by atoms with E-state index < -0.39 is 28.7 Å².